The van der Waals surface area contributed by atoms with Gasteiger partial charge >= 0.3 is 0 Å². The molecule has 0 bridgehead atoms. The molecule has 154 valence electrons. The van der Waals surface area contributed by atoms with Crippen LogP contribution in [-0.4, -0.2) is 31.3 Å². The fourth-order valence-electron chi connectivity index (χ4n) is 3.70. The Balaban J connectivity index is 1.89. The maximum absolute atomic E-state index is 13.2. The summed E-state index contributed by atoms with van der Waals surface area (Å²) in [6, 6.07) is 15.9. The van der Waals surface area contributed by atoms with Crippen LogP contribution < -0.4 is 9.54 Å². The van der Waals surface area contributed by atoms with Crippen LogP contribution >= 0.6 is 11.3 Å². The summed E-state index contributed by atoms with van der Waals surface area (Å²) >= 11 is 1.53. The first-order valence-electron chi connectivity index (χ1n) is 9.77. The van der Waals surface area contributed by atoms with Crippen molar-refractivity contribution in [3.05, 3.63) is 70.0 Å². The number of aromatic nitrogens is 1. The fourth-order valence-corrected chi connectivity index (χ4v) is 4.80. The second kappa shape index (κ2) is 8.42. The molecule has 0 aliphatic carbocycles. The van der Waals surface area contributed by atoms with Gasteiger partial charge in [0.15, 0.2) is 4.80 Å². The topological polar surface area (TPSA) is 52.8 Å². The molecule has 0 saturated carbocycles. The van der Waals surface area contributed by atoms with Crippen LogP contribution in [0.25, 0.3) is 21.0 Å². The third-order valence-corrected chi connectivity index (χ3v) is 6.36. The van der Waals surface area contributed by atoms with Crippen LogP contribution in [-0.2, 0) is 11.3 Å². The highest BCUT2D eigenvalue weighted by atomic mass is 32.1. The number of carbonyl (C=O) groups is 1. The van der Waals surface area contributed by atoms with Gasteiger partial charge in [-0.15, -0.1) is 0 Å². The van der Waals surface area contributed by atoms with Crippen LogP contribution in [0.1, 0.15) is 21.5 Å². The Labute approximate surface area is 179 Å². The Kier molecular flexibility index (Phi) is 5.70. The first kappa shape index (κ1) is 20.3. The molecule has 1 heterocycles. The summed E-state index contributed by atoms with van der Waals surface area (Å²) in [4.78, 5) is 18.4. The van der Waals surface area contributed by atoms with E-state index in [0.29, 0.717) is 29.3 Å². The van der Waals surface area contributed by atoms with Crippen molar-refractivity contribution in [2.75, 3.05) is 20.8 Å². The molecular formula is C24H24N2O3S. The first-order chi connectivity index (χ1) is 14.5. The van der Waals surface area contributed by atoms with E-state index in [2.05, 4.69) is 35.5 Å². The van der Waals surface area contributed by atoms with Crippen molar-refractivity contribution in [2.24, 2.45) is 4.99 Å². The third-order valence-electron chi connectivity index (χ3n) is 5.13. The number of hydrogen-bond acceptors (Lipinski definition) is 4. The average Bonchev–Trinajstić information content (AvgIpc) is 3.08. The molecule has 6 heteroatoms. The molecule has 0 aliphatic heterocycles. The van der Waals surface area contributed by atoms with E-state index in [-0.39, 0.29) is 5.91 Å². The average molecular weight is 421 g/mol. The minimum atomic E-state index is -0.315. The van der Waals surface area contributed by atoms with Gasteiger partial charge in [-0.2, -0.15) is 4.99 Å². The van der Waals surface area contributed by atoms with Gasteiger partial charge in [-0.05, 0) is 53.9 Å². The molecule has 3 aromatic carbocycles. The summed E-state index contributed by atoms with van der Waals surface area (Å²) in [7, 11) is 3.25. The number of aryl methyl sites for hydroxylation is 2. The molecule has 30 heavy (non-hydrogen) atoms. The zero-order chi connectivity index (χ0) is 21.3. The number of nitrogens with zero attached hydrogens (tertiary/aromatic N) is 2. The Morgan fingerprint density at radius 3 is 2.50 bits per heavy atom. The predicted octanol–water partition coefficient (Wildman–Crippen LogP) is 4.87. The van der Waals surface area contributed by atoms with Gasteiger partial charge in [0.05, 0.1) is 29.5 Å². The van der Waals surface area contributed by atoms with Crippen LogP contribution in [0.4, 0.5) is 0 Å². The molecule has 4 rings (SSSR count). The Morgan fingerprint density at radius 2 is 1.80 bits per heavy atom. The molecule has 0 N–H and O–H groups in total. The Morgan fingerprint density at radius 1 is 1.07 bits per heavy atom. The third kappa shape index (κ3) is 3.76. The first-order valence-corrected chi connectivity index (χ1v) is 10.6. The van der Waals surface area contributed by atoms with E-state index in [0.717, 1.165) is 21.0 Å². The van der Waals surface area contributed by atoms with Crippen molar-refractivity contribution >= 4 is 38.2 Å². The van der Waals surface area contributed by atoms with Crippen molar-refractivity contribution in [3.8, 4) is 5.75 Å². The van der Waals surface area contributed by atoms with E-state index in [1.165, 1.54) is 22.5 Å². The standard InChI is InChI=1S/C24H24N2O3S/c1-15-11-16(2)22-20(12-15)26(9-10-28-3)24(30-22)25-23(27)19-13-17-7-5-6-8-18(17)14-21(19)29-4/h5-8,11-14H,9-10H2,1-4H3. The van der Waals surface area contributed by atoms with E-state index in [1.807, 2.05) is 36.4 Å². The van der Waals surface area contributed by atoms with Crippen molar-refractivity contribution < 1.29 is 14.3 Å². The summed E-state index contributed by atoms with van der Waals surface area (Å²) in [5.41, 5.74) is 3.89. The SMILES string of the molecule is COCCn1c(=NC(=O)c2cc3ccccc3cc2OC)sc2c(C)cc(C)cc21. The van der Waals surface area contributed by atoms with Gasteiger partial charge < -0.3 is 14.0 Å². The number of hydrogen-bond donors (Lipinski definition) is 0. The summed E-state index contributed by atoms with van der Waals surface area (Å²) in [6.45, 7) is 5.33. The number of benzene rings is 3. The van der Waals surface area contributed by atoms with Crippen molar-refractivity contribution in [1.29, 1.82) is 0 Å². The monoisotopic (exact) mass is 420 g/mol. The maximum Gasteiger partial charge on any atom is 0.283 e. The Bertz CT molecular complexity index is 1320. The van der Waals surface area contributed by atoms with Crippen LogP contribution in [0.2, 0.25) is 0 Å². The minimum Gasteiger partial charge on any atom is -0.496 e. The van der Waals surface area contributed by atoms with E-state index in [9.17, 15) is 4.79 Å². The number of rotatable bonds is 5. The number of methoxy groups -OCH3 is 2. The molecule has 0 saturated heterocycles. The van der Waals surface area contributed by atoms with E-state index in [1.54, 1.807) is 14.2 Å². The summed E-state index contributed by atoms with van der Waals surface area (Å²) in [6.07, 6.45) is 0. The molecule has 4 aromatic rings. The van der Waals surface area contributed by atoms with Gasteiger partial charge in [0.1, 0.15) is 5.75 Å². The lowest BCUT2D eigenvalue weighted by Crippen LogP contribution is -2.19. The lowest BCUT2D eigenvalue weighted by Gasteiger charge is -2.08. The predicted molar refractivity (Wildman–Crippen MR) is 122 cm³/mol. The van der Waals surface area contributed by atoms with Gasteiger partial charge in [-0.1, -0.05) is 41.7 Å². The molecule has 1 aromatic heterocycles. The highest BCUT2D eigenvalue weighted by molar-refractivity contribution is 7.16. The summed E-state index contributed by atoms with van der Waals surface area (Å²) < 4.78 is 14.0. The van der Waals surface area contributed by atoms with Gasteiger partial charge in [-0.25, -0.2) is 0 Å². The number of fused-ring (bicyclic) bond motifs is 2. The van der Waals surface area contributed by atoms with E-state index < -0.39 is 0 Å². The van der Waals surface area contributed by atoms with Crippen molar-refractivity contribution in [2.45, 2.75) is 20.4 Å². The molecule has 0 aliphatic rings. The molecule has 0 spiro atoms. The van der Waals surface area contributed by atoms with Crippen molar-refractivity contribution in [1.82, 2.24) is 4.57 Å². The highest BCUT2D eigenvalue weighted by Crippen LogP contribution is 2.27. The van der Waals surface area contributed by atoms with E-state index >= 15 is 0 Å². The number of ether oxygens (including phenoxy) is 2. The van der Waals surface area contributed by atoms with Gasteiger partial charge in [0.25, 0.3) is 5.91 Å². The number of thiazole rings is 1. The van der Waals surface area contributed by atoms with Crippen LogP contribution in [0.5, 0.6) is 5.75 Å². The number of amides is 1. The number of carbonyl (C=O) groups excluding carboxylic acids is 1. The van der Waals surface area contributed by atoms with Gasteiger partial charge in [0.2, 0.25) is 0 Å². The van der Waals surface area contributed by atoms with Gasteiger partial charge in [0, 0.05) is 13.7 Å². The fraction of sp³-hybridized carbons (Fsp3) is 0.250. The molecule has 0 unspecified atom stereocenters. The smallest absolute Gasteiger partial charge is 0.283 e. The highest BCUT2D eigenvalue weighted by Gasteiger charge is 2.15. The Hall–Kier alpha value is -2.96. The summed E-state index contributed by atoms with van der Waals surface area (Å²) in [5.74, 6) is 0.212. The van der Waals surface area contributed by atoms with Crippen LogP contribution in [0, 0.1) is 13.8 Å². The summed E-state index contributed by atoms with van der Waals surface area (Å²) in [5, 5.41) is 2.00. The molecule has 5 nitrogen and oxygen atoms in total. The van der Waals surface area contributed by atoms with Gasteiger partial charge in [-0.3, -0.25) is 4.79 Å². The molecule has 0 radical (unpaired) electrons. The zero-order valence-corrected chi connectivity index (χ0v) is 18.4. The lowest BCUT2D eigenvalue weighted by molar-refractivity contribution is 0.0994. The molecular weight excluding hydrogens is 396 g/mol. The maximum atomic E-state index is 13.2. The second-order valence-corrected chi connectivity index (χ2v) is 8.25. The second-order valence-electron chi connectivity index (χ2n) is 7.28. The minimum absolute atomic E-state index is 0.315. The lowest BCUT2D eigenvalue weighted by atomic mass is 10.1. The van der Waals surface area contributed by atoms with Crippen LogP contribution in [0.3, 0.4) is 0 Å². The quantitative estimate of drug-likeness (QED) is 0.463. The largest absolute Gasteiger partial charge is 0.496 e. The molecule has 0 fully saturated rings. The van der Waals surface area contributed by atoms with Crippen molar-refractivity contribution in [3.63, 3.8) is 0 Å². The normalized spacial score (nSPS) is 12.1. The molecule has 0 atom stereocenters. The molecule has 1 amide bonds. The van der Waals surface area contributed by atoms with Crippen LogP contribution in [0.15, 0.2) is 53.5 Å². The van der Waals surface area contributed by atoms with E-state index in [4.69, 9.17) is 9.47 Å². The zero-order valence-electron chi connectivity index (χ0n) is 17.6.